The Morgan fingerprint density at radius 2 is 1.83 bits per heavy atom. The van der Waals surface area contributed by atoms with Crippen LogP contribution in [0, 0.1) is 27.7 Å². The molecule has 24 heavy (non-hydrogen) atoms. The number of benzene rings is 1. The second-order valence-corrected chi connectivity index (χ2v) is 6.90. The Morgan fingerprint density at radius 3 is 2.46 bits per heavy atom. The third-order valence-corrected chi connectivity index (χ3v) is 4.88. The predicted octanol–water partition coefficient (Wildman–Crippen LogP) is 3.92. The number of aromatic nitrogens is 3. The van der Waals surface area contributed by atoms with Crippen LogP contribution in [0.2, 0.25) is 0 Å². The Labute approximate surface area is 144 Å². The number of hydrogen-bond acceptors (Lipinski definition) is 5. The van der Waals surface area contributed by atoms with Gasteiger partial charge in [0.2, 0.25) is 0 Å². The van der Waals surface area contributed by atoms with Crippen LogP contribution in [0.15, 0.2) is 30.3 Å². The molecule has 3 rings (SSSR count). The van der Waals surface area contributed by atoms with Gasteiger partial charge in [0.15, 0.2) is 0 Å². The number of thiazole rings is 1. The average molecular weight is 341 g/mol. The standard InChI is InChI=1S/C18H19N3O2S/c1-11-16(24-14(4)19-11)10-23-18(22)17-12(2)20-21(13(17)3)15-8-6-5-7-9-15/h5-9H,10H2,1-4H3. The molecule has 0 N–H and O–H groups in total. The van der Waals surface area contributed by atoms with Crippen molar-refractivity contribution in [2.75, 3.05) is 0 Å². The molecule has 6 heteroatoms. The van der Waals surface area contributed by atoms with E-state index in [0.29, 0.717) is 11.3 Å². The number of nitrogens with zero attached hydrogens (tertiary/aromatic N) is 3. The summed E-state index contributed by atoms with van der Waals surface area (Å²) in [7, 11) is 0. The van der Waals surface area contributed by atoms with Gasteiger partial charge in [-0.3, -0.25) is 0 Å². The summed E-state index contributed by atoms with van der Waals surface area (Å²) < 4.78 is 7.27. The fraction of sp³-hybridized carbons (Fsp3) is 0.278. The van der Waals surface area contributed by atoms with E-state index in [4.69, 9.17) is 4.74 Å². The van der Waals surface area contributed by atoms with Gasteiger partial charge in [0.25, 0.3) is 0 Å². The molecule has 3 aromatic rings. The van der Waals surface area contributed by atoms with E-state index in [1.165, 1.54) is 0 Å². The fourth-order valence-electron chi connectivity index (χ4n) is 2.67. The maximum Gasteiger partial charge on any atom is 0.342 e. The van der Waals surface area contributed by atoms with E-state index >= 15 is 0 Å². The van der Waals surface area contributed by atoms with E-state index < -0.39 is 0 Å². The molecule has 124 valence electrons. The van der Waals surface area contributed by atoms with Gasteiger partial charge in [-0.1, -0.05) is 18.2 Å². The van der Waals surface area contributed by atoms with Gasteiger partial charge in [-0.15, -0.1) is 11.3 Å². The van der Waals surface area contributed by atoms with E-state index in [1.54, 1.807) is 16.0 Å². The van der Waals surface area contributed by atoms with Crippen LogP contribution >= 0.6 is 11.3 Å². The molecular formula is C18H19N3O2S. The highest BCUT2D eigenvalue weighted by molar-refractivity contribution is 7.11. The zero-order valence-electron chi connectivity index (χ0n) is 14.2. The Kier molecular flexibility index (Phi) is 4.49. The number of hydrogen-bond donors (Lipinski definition) is 0. The minimum absolute atomic E-state index is 0.242. The van der Waals surface area contributed by atoms with Crippen molar-refractivity contribution in [1.82, 2.24) is 14.8 Å². The van der Waals surface area contributed by atoms with Crippen LogP contribution in [-0.4, -0.2) is 20.7 Å². The van der Waals surface area contributed by atoms with E-state index in [-0.39, 0.29) is 12.6 Å². The summed E-state index contributed by atoms with van der Waals surface area (Å²) in [5, 5.41) is 5.46. The smallest absolute Gasteiger partial charge is 0.342 e. The van der Waals surface area contributed by atoms with Gasteiger partial charge in [-0.2, -0.15) is 5.10 Å². The largest absolute Gasteiger partial charge is 0.456 e. The molecule has 1 aromatic carbocycles. The lowest BCUT2D eigenvalue weighted by Gasteiger charge is -2.06. The molecule has 0 fully saturated rings. The SMILES string of the molecule is Cc1nc(C)c(COC(=O)c2c(C)nn(-c3ccccc3)c2C)s1. The monoisotopic (exact) mass is 341 g/mol. The molecule has 5 nitrogen and oxygen atoms in total. The van der Waals surface area contributed by atoms with E-state index in [9.17, 15) is 4.79 Å². The minimum atomic E-state index is -0.349. The number of esters is 1. The number of aryl methyl sites for hydroxylation is 3. The number of rotatable bonds is 4. The van der Waals surface area contributed by atoms with Crippen LogP contribution in [0.25, 0.3) is 5.69 Å². The van der Waals surface area contributed by atoms with Crippen LogP contribution in [-0.2, 0) is 11.3 Å². The number of para-hydroxylation sites is 1. The van der Waals surface area contributed by atoms with Gasteiger partial charge in [0.1, 0.15) is 12.2 Å². The molecule has 0 unspecified atom stereocenters. The first-order chi connectivity index (χ1) is 11.5. The first-order valence-corrected chi connectivity index (χ1v) is 8.50. The summed E-state index contributed by atoms with van der Waals surface area (Å²) in [4.78, 5) is 17.9. The molecule has 0 aliphatic heterocycles. The molecule has 0 saturated carbocycles. The highest BCUT2D eigenvalue weighted by Crippen LogP contribution is 2.21. The summed E-state index contributed by atoms with van der Waals surface area (Å²) in [5.41, 5.74) is 3.81. The van der Waals surface area contributed by atoms with Gasteiger partial charge in [-0.25, -0.2) is 14.5 Å². The Hall–Kier alpha value is -2.47. The van der Waals surface area contributed by atoms with Crippen molar-refractivity contribution in [2.45, 2.75) is 34.3 Å². The number of carbonyl (C=O) groups is 1. The molecule has 0 aliphatic carbocycles. The van der Waals surface area contributed by atoms with Gasteiger partial charge in [0.05, 0.1) is 32.7 Å². The molecule has 0 atom stereocenters. The lowest BCUT2D eigenvalue weighted by Crippen LogP contribution is -2.08. The fourth-order valence-corrected chi connectivity index (χ4v) is 3.52. The summed E-state index contributed by atoms with van der Waals surface area (Å²) >= 11 is 1.55. The summed E-state index contributed by atoms with van der Waals surface area (Å²) in [6.07, 6.45) is 0. The van der Waals surface area contributed by atoms with Crippen molar-refractivity contribution in [1.29, 1.82) is 0 Å². The number of ether oxygens (including phenoxy) is 1. The quantitative estimate of drug-likeness (QED) is 0.675. The lowest BCUT2D eigenvalue weighted by molar-refractivity contribution is 0.0474. The molecule has 0 bridgehead atoms. The van der Waals surface area contributed by atoms with Crippen LogP contribution in [0.3, 0.4) is 0 Å². The second kappa shape index (κ2) is 6.57. The number of carbonyl (C=O) groups excluding carboxylic acids is 1. The molecule has 0 spiro atoms. The van der Waals surface area contributed by atoms with Crippen molar-refractivity contribution in [3.63, 3.8) is 0 Å². The van der Waals surface area contributed by atoms with Crippen molar-refractivity contribution in [2.24, 2.45) is 0 Å². The third-order valence-electron chi connectivity index (χ3n) is 3.83. The predicted molar refractivity (Wildman–Crippen MR) is 93.7 cm³/mol. The molecule has 2 aromatic heterocycles. The summed E-state index contributed by atoms with van der Waals surface area (Å²) in [6, 6.07) is 9.75. The second-order valence-electron chi connectivity index (χ2n) is 5.61. The zero-order chi connectivity index (χ0) is 17.3. The van der Waals surface area contributed by atoms with Crippen molar-refractivity contribution in [3.8, 4) is 5.69 Å². The maximum absolute atomic E-state index is 12.5. The van der Waals surface area contributed by atoms with Gasteiger partial charge < -0.3 is 4.74 Å². The summed E-state index contributed by atoms with van der Waals surface area (Å²) in [6.45, 7) is 7.82. The van der Waals surface area contributed by atoms with Gasteiger partial charge in [0, 0.05) is 0 Å². The third kappa shape index (κ3) is 3.10. The molecule has 0 saturated heterocycles. The first kappa shape index (κ1) is 16.4. The Bertz CT molecular complexity index is 881. The Morgan fingerprint density at radius 1 is 1.12 bits per heavy atom. The van der Waals surface area contributed by atoms with Gasteiger partial charge >= 0.3 is 5.97 Å². The molecular weight excluding hydrogens is 322 g/mol. The average Bonchev–Trinajstić information content (AvgIpc) is 3.04. The lowest BCUT2D eigenvalue weighted by atomic mass is 10.2. The van der Waals surface area contributed by atoms with Crippen LogP contribution in [0.1, 0.15) is 37.3 Å². The van der Waals surface area contributed by atoms with Crippen molar-refractivity contribution < 1.29 is 9.53 Å². The van der Waals surface area contributed by atoms with E-state index in [0.717, 1.165) is 27.0 Å². The van der Waals surface area contributed by atoms with E-state index in [2.05, 4.69) is 10.1 Å². The molecule has 0 aliphatic rings. The molecule has 2 heterocycles. The zero-order valence-corrected chi connectivity index (χ0v) is 15.0. The maximum atomic E-state index is 12.5. The highest BCUT2D eigenvalue weighted by Gasteiger charge is 2.21. The molecule has 0 radical (unpaired) electrons. The minimum Gasteiger partial charge on any atom is -0.456 e. The van der Waals surface area contributed by atoms with Crippen LogP contribution < -0.4 is 0 Å². The summed E-state index contributed by atoms with van der Waals surface area (Å²) in [5.74, 6) is -0.349. The first-order valence-electron chi connectivity index (χ1n) is 7.69. The Balaban J connectivity index is 1.83. The normalized spacial score (nSPS) is 10.8. The van der Waals surface area contributed by atoms with Gasteiger partial charge in [-0.05, 0) is 39.8 Å². The topological polar surface area (TPSA) is 57.0 Å². The van der Waals surface area contributed by atoms with Crippen molar-refractivity contribution in [3.05, 3.63) is 62.9 Å². The van der Waals surface area contributed by atoms with Crippen molar-refractivity contribution >= 4 is 17.3 Å². The molecule has 0 amide bonds. The van der Waals surface area contributed by atoms with Crippen LogP contribution in [0.5, 0.6) is 0 Å². The van der Waals surface area contributed by atoms with E-state index in [1.807, 2.05) is 58.0 Å². The highest BCUT2D eigenvalue weighted by atomic mass is 32.1. The van der Waals surface area contributed by atoms with Crippen LogP contribution in [0.4, 0.5) is 0 Å².